The predicted molar refractivity (Wildman–Crippen MR) is 147 cm³/mol. The highest BCUT2D eigenvalue weighted by atomic mass is 32.2. The van der Waals surface area contributed by atoms with Crippen LogP contribution in [0.2, 0.25) is 0 Å². The SMILES string of the molecule is C=CS(=O)(=O)NC[C@H](NC(=O)NC(C)(C)C)C(=O)N1CC2C([C@H]1C(=O)NC(CC1CCC1)C(=O)C(N)=O)C2(C)C. The van der Waals surface area contributed by atoms with Crippen LogP contribution in [0.4, 0.5) is 4.79 Å². The molecule has 40 heavy (non-hydrogen) atoms. The summed E-state index contributed by atoms with van der Waals surface area (Å²) in [7, 11) is -3.92. The molecular formula is C26H42N6O7S. The number of amides is 5. The average molecular weight is 583 g/mol. The van der Waals surface area contributed by atoms with Gasteiger partial charge in [-0.3, -0.25) is 19.2 Å². The molecule has 0 aromatic rings. The van der Waals surface area contributed by atoms with Crippen molar-refractivity contribution in [3.8, 4) is 0 Å². The van der Waals surface area contributed by atoms with E-state index in [1.54, 1.807) is 20.8 Å². The van der Waals surface area contributed by atoms with Crippen LogP contribution < -0.4 is 26.4 Å². The minimum atomic E-state index is -3.92. The van der Waals surface area contributed by atoms with Gasteiger partial charge in [0, 0.05) is 24.0 Å². The summed E-state index contributed by atoms with van der Waals surface area (Å²) < 4.78 is 26.3. The summed E-state index contributed by atoms with van der Waals surface area (Å²) in [5.41, 5.74) is 4.36. The van der Waals surface area contributed by atoms with E-state index in [-0.39, 0.29) is 36.1 Å². The number of urea groups is 1. The number of piperidine rings is 1. The average Bonchev–Trinajstić information content (AvgIpc) is 3.14. The maximum absolute atomic E-state index is 13.8. The second kappa shape index (κ2) is 11.5. The lowest BCUT2D eigenvalue weighted by atomic mass is 9.80. The van der Waals surface area contributed by atoms with Gasteiger partial charge in [-0.2, -0.15) is 0 Å². The maximum atomic E-state index is 13.8. The Morgan fingerprint density at radius 1 is 1.10 bits per heavy atom. The van der Waals surface area contributed by atoms with Crippen LogP contribution in [0.25, 0.3) is 0 Å². The Labute approximate surface area is 235 Å². The zero-order valence-electron chi connectivity index (χ0n) is 23.8. The number of primary amides is 1. The zero-order valence-corrected chi connectivity index (χ0v) is 24.6. The Hall–Kier alpha value is -3.00. The fraction of sp³-hybridized carbons (Fsp3) is 0.731. The van der Waals surface area contributed by atoms with Crippen molar-refractivity contribution in [2.24, 2.45) is 28.9 Å². The molecule has 14 heteroatoms. The molecule has 2 aliphatic carbocycles. The number of ketones is 1. The van der Waals surface area contributed by atoms with E-state index < -0.39 is 69.8 Å². The zero-order chi connectivity index (χ0) is 30.2. The van der Waals surface area contributed by atoms with Gasteiger partial charge in [0.05, 0.1) is 6.04 Å². The Morgan fingerprint density at radius 3 is 2.23 bits per heavy atom. The lowest BCUT2D eigenvalue weighted by Gasteiger charge is -2.35. The summed E-state index contributed by atoms with van der Waals surface area (Å²) in [6.07, 6.45) is 3.06. The van der Waals surface area contributed by atoms with Crippen molar-refractivity contribution in [1.29, 1.82) is 0 Å². The highest BCUT2D eigenvalue weighted by Gasteiger charge is 2.69. The summed E-state index contributed by atoms with van der Waals surface area (Å²) >= 11 is 0. The van der Waals surface area contributed by atoms with Crippen LogP contribution in [0.3, 0.4) is 0 Å². The van der Waals surface area contributed by atoms with Gasteiger partial charge in [0.15, 0.2) is 0 Å². The topological polar surface area (TPSA) is 197 Å². The number of hydrogen-bond donors (Lipinski definition) is 5. The molecule has 1 heterocycles. The molecule has 0 aromatic carbocycles. The van der Waals surface area contributed by atoms with Crippen molar-refractivity contribution >= 4 is 39.6 Å². The Morgan fingerprint density at radius 2 is 1.73 bits per heavy atom. The second-order valence-corrected chi connectivity index (χ2v) is 14.4. The normalized spacial score (nSPS) is 25.0. The minimum absolute atomic E-state index is 0.0157. The van der Waals surface area contributed by atoms with Gasteiger partial charge in [-0.25, -0.2) is 17.9 Å². The molecule has 6 N–H and O–H groups in total. The molecule has 3 rings (SSSR count). The first kappa shape index (κ1) is 31.5. The molecule has 0 bridgehead atoms. The number of nitrogens with zero attached hydrogens (tertiary/aromatic N) is 1. The molecule has 5 atom stereocenters. The van der Waals surface area contributed by atoms with E-state index in [1.807, 2.05) is 13.8 Å². The van der Waals surface area contributed by atoms with E-state index in [0.717, 1.165) is 19.3 Å². The molecule has 2 saturated carbocycles. The number of rotatable bonds is 12. The molecule has 13 nitrogen and oxygen atoms in total. The van der Waals surface area contributed by atoms with Gasteiger partial charge in [-0.05, 0) is 50.4 Å². The fourth-order valence-electron chi connectivity index (χ4n) is 5.73. The monoisotopic (exact) mass is 582 g/mol. The van der Waals surface area contributed by atoms with Gasteiger partial charge in [0.1, 0.15) is 12.1 Å². The highest BCUT2D eigenvalue weighted by molar-refractivity contribution is 7.92. The van der Waals surface area contributed by atoms with Crippen LogP contribution >= 0.6 is 0 Å². The summed E-state index contributed by atoms with van der Waals surface area (Å²) in [5, 5.41) is 8.57. The molecule has 5 amide bonds. The first-order chi connectivity index (χ1) is 18.4. The molecule has 0 radical (unpaired) electrons. The number of carbonyl (C=O) groups is 5. The molecule has 224 valence electrons. The van der Waals surface area contributed by atoms with Crippen molar-refractivity contribution in [2.45, 2.75) is 84.0 Å². The van der Waals surface area contributed by atoms with Gasteiger partial charge >= 0.3 is 6.03 Å². The molecule has 1 aliphatic heterocycles. The number of hydrogen-bond acceptors (Lipinski definition) is 7. The number of nitrogens with one attached hydrogen (secondary N) is 4. The van der Waals surface area contributed by atoms with E-state index in [4.69, 9.17) is 5.73 Å². The van der Waals surface area contributed by atoms with Gasteiger partial charge in [0.2, 0.25) is 27.6 Å². The molecule has 3 unspecified atom stereocenters. The number of fused-ring (bicyclic) bond motifs is 1. The minimum Gasteiger partial charge on any atom is -0.363 e. The van der Waals surface area contributed by atoms with Crippen molar-refractivity contribution in [2.75, 3.05) is 13.1 Å². The highest BCUT2D eigenvalue weighted by Crippen LogP contribution is 2.64. The number of nitrogens with two attached hydrogens (primary N) is 1. The maximum Gasteiger partial charge on any atom is 0.315 e. The van der Waals surface area contributed by atoms with E-state index in [1.165, 1.54) is 4.90 Å². The molecule has 0 spiro atoms. The summed E-state index contributed by atoms with van der Waals surface area (Å²) in [6.45, 7) is 12.2. The van der Waals surface area contributed by atoms with Gasteiger partial charge in [-0.1, -0.05) is 39.7 Å². The smallest absolute Gasteiger partial charge is 0.315 e. The van der Waals surface area contributed by atoms with E-state index in [2.05, 4.69) is 27.3 Å². The first-order valence-corrected chi connectivity index (χ1v) is 15.1. The van der Waals surface area contributed by atoms with Crippen molar-refractivity contribution in [1.82, 2.24) is 25.6 Å². The summed E-state index contributed by atoms with van der Waals surface area (Å²) in [6, 6.07) is -4.12. The lowest BCUT2D eigenvalue weighted by molar-refractivity contribution is -0.143. The van der Waals surface area contributed by atoms with Crippen LogP contribution in [0.5, 0.6) is 0 Å². The third kappa shape index (κ3) is 7.19. The van der Waals surface area contributed by atoms with Crippen molar-refractivity contribution < 1.29 is 32.4 Å². The van der Waals surface area contributed by atoms with Crippen LogP contribution in [0.15, 0.2) is 12.0 Å². The number of carbonyl (C=O) groups excluding carboxylic acids is 5. The molecular weight excluding hydrogens is 540 g/mol. The fourth-order valence-corrected chi connectivity index (χ4v) is 6.25. The second-order valence-electron chi connectivity index (χ2n) is 12.7. The molecule has 0 aromatic heterocycles. The first-order valence-electron chi connectivity index (χ1n) is 13.5. The van der Waals surface area contributed by atoms with E-state index in [9.17, 15) is 32.4 Å². The third-order valence-corrected chi connectivity index (χ3v) is 9.24. The van der Waals surface area contributed by atoms with Gasteiger partial charge < -0.3 is 26.6 Å². The Bertz CT molecular complexity index is 1170. The Kier molecular flexibility index (Phi) is 9.04. The van der Waals surface area contributed by atoms with Crippen molar-refractivity contribution in [3.63, 3.8) is 0 Å². The Balaban J connectivity index is 1.85. The van der Waals surface area contributed by atoms with Gasteiger partial charge in [-0.15, -0.1) is 0 Å². The van der Waals surface area contributed by atoms with Crippen molar-refractivity contribution in [3.05, 3.63) is 12.0 Å². The molecule has 1 saturated heterocycles. The number of likely N-dealkylation sites (tertiary alicyclic amines) is 1. The van der Waals surface area contributed by atoms with E-state index >= 15 is 0 Å². The quantitative estimate of drug-likeness (QED) is 0.195. The number of Topliss-reactive ketones (excluding diaryl/α,β-unsaturated/α-hetero) is 1. The lowest BCUT2D eigenvalue weighted by Crippen LogP contribution is -2.61. The van der Waals surface area contributed by atoms with Crippen LogP contribution in [-0.2, 0) is 29.2 Å². The molecule has 3 fully saturated rings. The summed E-state index contributed by atoms with van der Waals surface area (Å²) in [5.74, 6) is -3.33. The largest absolute Gasteiger partial charge is 0.363 e. The van der Waals surface area contributed by atoms with Gasteiger partial charge in [0.25, 0.3) is 5.91 Å². The summed E-state index contributed by atoms with van der Waals surface area (Å²) in [4.78, 5) is 65.7. The molecule has 3 aliphatic rings. The number of sulfonamides is 1. The predicted octanol–water partition coefficient (Wildman–Crippen LogP) is -0.272. The van der Waals surface area contributed by atoms with Crippen LogP contribution in [0.1, 0.15) is 60.3 Å². The van der Waals surface area contributed by atoms with E-state index in [0.29, 0.717) is 5.41 Å². The third-order valence-electron chi connectivity index (χ3n) is 8.23. The standard InChI is InChI=1S/C26H42N6O7S/c1-7-40(38,39)28-12-17(30-24(37)31-25(2,3)4)23(36)32-13-15-18(26(15,5)6)19(32)22(35)29-16(20(33)21(27)34)11-14-9-8-10-14/h7,14-19,28H,1,8-13H2,2-6H3,(H2,27,34)(H,29,35)(H2,30,31,37)/t15?,16?,17-,18?,19-/m0/s1. The van der Waals surface area contributed by atoms with Crippen LogP contribution in [0, 0.1) is 23.2 Å². The van der Waals surface area contributed by atoms with Crippen LogP contribution in [-0.4, -0.2) is 79.6 Å².